The number of aromatic nitrogens is 4. The van der Waals surface area contributed by atoms with Crippen LogP contribution in [0, 0.1) is 23.0 Å². The highest BCUT2D eigenvalue weighted by atomic mass is 32.1. The van der Waals surface area contributed by atoms with Gasteiger partial charge in [0.15, 0.2) is 11.6 Å². The largest absolute Gasteiger partial charge is 0.474 e. The molecular weight excluding hydrogens is 362 g/mol. The molecule has 0 spiro atoms. The highest BCUT2D eigenvalue weighted by Gasteiger charge is 2.22. The summed E-state index contributed by atoms with van der Waals surface area (Å²) in [5.74, 6) is -1.61. The number of H-pyrrole nitrogens is 1. The Hall–Kier alpha value is -3.32. The Balaban J connectivity index is 2.04. The normalized spacial score (nSPS) is 11.6. The summed E-state index contributed by atoms with van der Waals surface area (Å²) in [5.41, 5.74) is 0.623. The Morgan fingerprint density at radius 2 is 2.15 bits per heavy atom. The van der Waals surface area contributed by atoms with Gasteiger partial charge < -0.3 is 14.6 Å². The molecule has 2 N–H and O–H groups in total. The highest BCUT2D eigenvalue weighted by Crippen LogP contribution is 2.27. The number of hydrogen-bond donors (Lipinski definition) is 2. The summed E-state index contributed by atoms with van der Waals surface area (Å²) in [7, 11) is 1.37. The third-order valence-electron chi connectivity index (χ3n) is 3.63. The van der Waals surface area contributed by atoms with Crippen molar-refractivity contribution < 1.29 is 13.5 Å². The fraction of sp³-hybridized carbons (Fsp3) is 0.125. The van der Waals surface area contributed by atoms with Gasteiger partial charge in [0.05, 0.1) is 12.7 Å². The molecule has 0 saturated carbocycles. The van der Waals surface area contributed by atoms with Crippen LogP contribution in [0.25, 0.3) is 5.69 Å². The lowest BCUT2D eigenvalue weighted by atomic mass is 10.0. The van der Waals surface area contributed by atoms with Crippen LogP contribution in [0.4, 0.5) is 8.78 Å². The molecule has 1 atom stereocenters. The highest BCUT2D eigenvalue weighted by molar-refractivity contribution is 7.80. The van der Waals surface area contributed by atoms with Crippen LogP contribution in [-0.2, 0) is 4.74 Å². The van der Waals surface area contributed by atoms with Crippen LogP contribution in [0.15, 0.2) is 36.8 Å². The molecule has 0 radical (unpaired) electrons. The van der Waals surface area contributed by atoms with Gasteiger partial charge in [0, 0.05) is 18.6 Å². The molecule has 1 aromatic carbocycles. The van der Waals surface area contributed by atoms with Gasteiger partial charge in [-0.05, 0) is 36.0 Å². The number of nitrogens with zero attached hydrogens (tertiary/aromatic N) is 4. The first kappa shape index (κ1) is 17.5. The SMILES string of the molecule is COC(=S)NC(c1cc(F)c(-n2ccc(C#N)c2)c(F)c1)c1c[nH]nn1. The summed E-state index contributed by atoms with van der Waals surface area (Å²) in [6, 6.07) is 4.93. The van der Waals surface area contributed by atoms with Crippen molar-refractivity contribution in [3.63, 3.8) is 0 Å². The summed E-state index contributed by atoms with van der Waals surface area (Å²) in [4.78, 5) is 0. The Labute approximate surface area is 152 Å². The minimum Gasteiger partial charge on any atom is -0.474 e. The number of methoxy groups -OCH3 is 1. The second-order valence-electron chi connectivity index (χ2n) is 5.22. The molecule has 2 heterocycles. The van der Waals surface area contributed by atoms with Crippen molar-refractivity contribution in [2.24, 2.45) is 0 Å². The number of nitrogens with one attached hydrogen (secondary N) is 2. The van der Waals surface area contributed by atoms with E-state index in [-0.39, 0.29) is 16.4 Å². The molecule has 0 amide bonds. The Kier molecular flexibility index (Phi) is 4.90. The number of nitriles is 1. The number of aromatic amines is 1. The number of thiocarbonyl (C=S) groups is 1. The number of halogens is 2. The molecule has 0 saturated heterocycles. The van der Waals surface area contributed by atoms with Gasteiger partial charge in [-0.1, -0.05) is 5.21 Å². The number of ether oxygens (including phenoxy) is 1. The van der Waals surface area contributed by atoms with E-state index in [1.807, 2.05) is 6.07 Å². The lowest BCUT2D eigenvalue weighted by Gasteiger charge is -2.19. The van der Waals surface area contributed by atoms with Gasteiger partial charge in [0.25, 0.3) is 5.17 Å². The first-order chi connectivity index (χ1) is 12.5. The van der Waals surface area contributed by atoms with Gasteiger partial charge in [-0.25, -0.2) is 8.78 Å². The molecule has 2 aromatic heterocycles. The zero-order valence-corrected chi connectivity index (χ0v) is 14.2. The maximum Gasteiger partial charge on any atom is 0.257 e. The van der Waals surface area contributed by atoms with Crippen LogP contribution in [0.3, 0.4) is 0 Å². The first-order valence-electron chi connectivity index (χ1n) is 7.31. The molecule has 3 rings (SSSR count). The van der Waals surface area contributed by atoms with E-state index in [1.54, 1.807) is 0 Å². The van der Waals surface area contributed by atoms with Crippen LogP contribution in [0.2, 0.25) is 0 Å². The molecule has 10 heteroatoms. The van der Waals surface area contributed by atoms with Gasteiger partial charge in [-0.2, -0.15) is 5.26 Å². The van der Waals surface area contributed by atoms with Crippen molar-refractivity contribution in [1.29, 1.82) is 5.26 Å². The van der Waals surface area contributed by atoms with Crippen LogP contribution in [0.1, 0.15) is 22.9 Å². The predicted octanol–water partition coefficient (Wildman–Crippen LogP) is 2.36. The van der Waals surface area contributed by atoms with Crippen molar-refractivity contribution in [3.05, 3.63) is 65.2 Å². The summed E-state index contributed by atoms with van der Waals surface area (Å²) < 4.78 is 35.4. The third kappa shape index (κ3) is 3.38. The van der Waals surface area contributed by atoms with Crippen LogP contribution >= 0.6 is 12.2 Å². The topological polar surface area (TPSA) is 91.5 Å². The lowest BCUT2D eigenvalue weighted by Crippen LogP contribution is -2.29. The van der Waals surface area contributed by atoms with Crippen LogP contribution in [-0.4, -0.2) is 32.3 Å². The maximum absolute atomic E-state index is 14.7. The fourth-order valence-corrected chi connectivity index (χ4v) is 2.57. The average molecular weight is 374 g/mol. The van der Waals surface area contributed by atoms with Gasteiger partial charge in [-0.3, -0.25) is 5.10 Å². The Bertz CT molecular complexity index is 956. The second kappa shape index (κ2) is 7.28. The summed E-state index contributed by atoms with van der Waals surface area (Å²) in [6.45, 7) is 0. The van der Waals surface area contributed by atoms with Crippen molar-refractivity contribution in [2.45, 2.75) is 6.04 Å². The van der Waals surface area contributed by atoms with Crippen LogP contribution < -0.4 is 5.32 Å². The van der Waals surface area contributed by atoms with Crippen molar-refractivity contribution in [2.75, 3.05) is 7.11 Å². The molecule has 0 fully saturated rings. The second-order valence-corrected chi connectivity index (χ2v) is 5.59. The van der Waals surface area contributed by atoms with Crippen LogP contribution in [0.5, 0.6) is 0 Å². The lowest BCUT2D eigenvalue weighted by molar-refractivity contribution is 0.386. The standard InChI is InChI=1S/C16H12F2N6OS/c1-25-16(26)21-14(13-7-20-23-22-13)10-4-11(17)15(12(18)5-10)24-3-2-9(6-19)8-24/h2-5,7-8,14H,1H3,(H,21,26)(H,20,22,23). The third-order valence-corrected chi connectivity index (χ3v) is 3.92. The average Bonchev–Trinajstić information content (AvgIpc) is 3.30. The smallest absolute Gasteiger partial charge is 0.257 e. The van der Waals surface area contributed by atoms with Gasteiger partial charge in [0.2, 0.25) is 0 Å². The molecule has 132 valence electrons. The minimum atomic E-state index is -0.807. The molecule has 0 aliphatic carbocycles. The fourth-order valence-electron chi connectivity index (χ4n) is 2.46. The molecular formula is C16H12F2N6OS. The molecule has 1 unspecified atom stereocenters. The molecule has 3 aromatic rings. The Morgan fingerprint density at radius 1 is 1.42 bits per heavy atom. The Morgan fingerprint density at radius 3 is 2.69 bits per heavy atom. The van der Waals surface area contributed by atoms with Gasteiger partial charge in [0.1, 0.15) is 23.5 Å². The number of rotatable bonds is 4. The minimum absolute atomic E-state index is 0.0342. The van der Waals surface area contributed by atoms with E-state index in [0.717, 1.165) is 12.1 Å². The van der Waals surface area contributed by atoms with E-state index in [9.17, 15) is 8.78 Å². The van der Waals surface area contributed by atoms with E-state index in [4.69, 9.17) is 22.2 Å². The van der Waals surface area contributed by atoms with Gasteiger partial charge in [-0.15, -0.1) is 5.10 Å². The van der Waals surface area contributed by atoms with E-state index in [0.29, 0.717) is 11.3 Å². The van der Waals surface area contributed by atoms with E-state index in [1.165, 1.54) is 36.3 Å². The van der Waals surface area contributed by atoms with Gasteiger partial charge >= 0.3 is 0 Å². The molecule has 0 aliphatic heterocycles. The predicted molar refractivity (Wildman–Crippen MR) is 91.4 cm³/mol. The van der Waals surface area contributed by atoms with E-state index in [2.05, 4.69) is 20.7 Å². The molecule has 7 nitrogen and oxygen atoms in total. The van der Waals surface area contributed by atoms with Crippen molar-refractivity contribution in [1.82, 2.24) is 25.3 Å². The van der Waals surface area contributed by atoms with E-state index < -0.39 is 17.7 Å². The van der Waals surface area contributed by atoms with Crippen molar-refractivity contribution in [3.8, 4) is 11.8 Å². The number of benzene rings is 1. The van der Waals surface area contributed by atoms with E-state index >= 15 is 0 Å². The summed E-state index contributed by atoms with van der Waals surface area (Å²) in [5, 5.41) is 21.7. The first-order valence-corrected chi connectivity index (χ1v) is 7.72. The quantitative estimate of drug-likeness (QED) is 0.681. The van der Waals surface area contributed by atoms with Crippen molar-refractivity contribution >= 4 is 17.4 Å². The summed E-state index contributed by atoms with van der Waals surface area (Å²) >= 11 is 4.98. The zero-order chi connectivity index (χ0) is 18.7. The number of hydrogen-bond acceptors (Lipinski definition) is 5. The molecule has 0 bridgehead atoms. The molecule has 0 aliphatic rings. The zero-order valence-electron chi connectivity index (χ0n) is 13.4. The monoisotopic (exact) mass is 374 g/mol. The summed E-state index contributed by atoms with van der Waals surface area (Å²) in [6.07, 6.45) is 4.23. The maximum atomic E-state index is 14.7. The molecule has 26 heavy (non-hydrogen) atoms.